The number of nitrogens with one attached hydrogen (secondary N) is 1. The van der Waals surface area contributed by atoms with Crippen molar-refractivity contribution in [2.24, 2.45) is 0 Å². The average molecular weight is 164 g/mol. The number of nitrogens with two attached hydrogens (primary N) is 1. The summed E-state index contributed by atoms with van der Waals surface area (Å²) in [7, 11) is 0. The van der Waals surface area contributed by atoms with Gasteiger partial charge in [-0.3, -0.25) is 0 Å². The lowest BCUT2D eigenvalue weighted by Gasteiger charge is -2.25. The summed E-state index contributed by atoms with van der Waals surface area (Å²) in [5.41, 5.74) is 7.44. The van der Waals surface area contributed by atoms with Crippen LogP contribution in [0.5, 0.6) is 5.75 Å². The van der Waals surface area contributed by atoms with Crippen molar-refractivity contribution < 1.29 is 4.74 Å². The third-order valence-corrected chi connectivity index (χ3v) is 1.94. The second-order valence-electron chi connectivity index (χ2n) is 3.08. The van der Waals surface area contributed by atoms with Crippen LogP contribution >= 0.6 is 0 Å². The quantitative estimate of drug-likeness (QED) is 0.571. The van der Waals surface area contributed by atoms with Gasteiger partial charge in [-0.1, -0.05) is 6.07 Å². The lowest BCUT2D eigenvalue weighted by atomic mass is 10.2. The molecular weight excluding hydrogens is 152 g/mol. The van der Waals surface area contributed by atoms with Crippen molar-refractivity contribution in [3.8, 4) is 5.75 Å². The van der Waals surface area contributed by atoms with E-state index in [0.29, 0.717) is 12.6 Å². The highest BCUT2D eigenvalue weighted by Crippen LogP contribution is 2.33. The highest BCUT2D eigenvalue weighted by molar-refractivity contribution is 5.74. The predicted octanol–water partition coefficient (Wildman–Crippen LogP) is 1.46. The molecule has 0 radical (unpaired) electrons. The van der Waals surface area contributed by atoms with E-state index in [1.807, 2.05) is 18.2 Å². The molecule has 1 aliphatic rings. The first kappa shape index (κ1) is 7.28. The zero-order valence-electron chi connectivity index (χ0n) is 7.00. The largest absolute Gasteiger partial charge is 0.489 e. The number of hydrogen-bond acceptors (Lipinski definition) is 3. The molecule has 0 saturated carbocycles. The first-order chi connectivity index (χ1) is 5.77. The van der Waals surface area contributed by atoms with Gasteiger partial charge in [-0.25, -0.2) is 0 Å². The Balaban J connectivity index is 2.43. The molecule has 64 valence electrons. The first-order valence-electron chi connectivity index (χ1n) is 4.05. The summed E-state index contributed by atoms with van der Waals surface area (Å²) < 4.78 is 5.47. The van der Waals surface area contributed by atoms with Crippen LogP contribution in [0.4, 0.5) is 11.4 Å². The van der Waals surface area contributed by atoms with Gasteiger partial charge < -0.3 is 15.8 Å². The average Bonchev–Trinajstić information content (AvgIpc) is 2.07. The van der Waals surface area contributed by atoms with E-state index in [2.05, 4.69) is 12.2 Å². The number of fused-ring (bicyclic) bond motifs is 1. The lowest BCUT2D eigenvalue weighted by Crippen LogP contribution is -2.28. The maximum absolute atomic E-state index is 5.76. The summed E-state index contributed by atoms with van der Waals surface area (Å²) in [6.45, 7) is 2.77. The maximum atomic E-state index is 5.76. The van der Waals surface area contributed by atoms with Crippen LogP contribution in [0.2, 0.25) is 0 Å². The zero-order chi connectivity index (χ0) is 8.55. The number of rotatable bonds is 0. The molecule has 1 aliphatic heterocycles. The third kappa shape index (κ3) is 1.07. The number of hydrogen-bond donors (Lipinski definition) is 2. The van der Waals surface area contributed by atoms with E-state index in [4.69, 9.17) is 10.5 Å². The van der Waals surface area contributed by atoms with Crippen molar-refractivity contribution in [3.63, 3.8) is 0 Å². The Bertz CT molecular complexity index is 299. The van der Waals surface area contributed by atoms with Gasteiger partial charge in [0.2, 0.25) is 0 Å². The predicted molar refractivity (Wildman–Crippen MR) is 49.4 cm³/mol. The summed E-state index contributed by atoms with van der Waals surface area (Å²) in [5.74, 6) is 0.855. The fraction of sp³-hybridized carbons (Fsp3) is 0.333. The van der Waals surface area contributed by atoms with Crippen molar-refractivity contribution in [3.05, 3.63) is 18.2 Å². The van der Waals surface area contributed by atoms with Gasteiger partial charge in [0.1, 0.15) is 18.0 Å². The molecule has 3 N–H and O–H groups in total. The SMILES string of the molecule is CC1COc2cccc(N)c2N1. The monoisotopic (exact) mass is 164 g/mol. The van der Waals surface area contributed by atoms with Crippen LogP contribution < -0.4 is 15.8 Å². The van der Waals surface area contributed by atoms with Crippen LogP contribution in [0, 0.1) is 0 Å². The molecule has 3 heteroatoms. The summed E-state index contributed by atoms with van der Waals surface area (Å²) in [6.07, 6.45) is 0. The van der Waals surface area contributed by atoms with Gasteiger partial charge in [0, 0.05) is 0 Å². The van der Waals surface area contributed by atoms with Gasteiger partial charge in [0.15, 0.2) is 0 Å². The minimum Gasteiger partial charge on any atom is -0.489 e. The van der Waals surface area contributed by atoms with Crippen LogP contribution in [-0.2, 0) is 0 Å². The second-order valence-corrected chi connectivity index (χ2v) is 3.08. The molecule has 0 saturated heterocycles. The van der Waals surface area contributed by atoms with E-state index < -0.39 is 0 Å². The number of para-hydroxylation sites is 1. The zero-order valence-corrected chi connectivity index (χ0v) is 7.00. The summed E-state index contributed by atoms with van der Waals surface area (Å²) >= 11 is 0. The van der Waals surface area contributed by atoms with Crippen molar-refractivity contribution in [1.29, 1.82) is 0 Å². The van der Waals surface area contributed by atoms with Crippen LogP contribution in [0.25, 0.3) is 0 Å². The van der Waals surface area contributed by atoms with Crippen LogP contribution in [-0.4, -0.2) is 12.6 Å². The Morgan fingerprint density at radius 3 is 3.25 bits per heavy atom. The second kappa shape index (κ2) is 2.59. The highest BCUT2D eigenvalue weighted by Gasteiger charge is 2.16. The standard InChI is InChI=1S/C9H12N2O/c1-6-5-12-8-4-2-3-7(10)9(8)11-6/h2-4,6,11H,5,10H2,1H3. The first-order valence-corrected chi connectivity index (χ1v) is 4.05. The molecule has 0 spiro atoms. The van der Waals surface area contributed by atoms with E-state index in [-0.39, 0.29) is 0 Å². The molecule has 2 rings (SSSR count). The van der Waals surface area contributed by atoms with Crippen molar-refractivity contribution in [2.45, 2.75) is 13.0 Å². The Morgan fingerprint density at radius 2 is 2.42 bits per heavy atom. The summed E-state index contributed by atoms with van der Waals surface area (Å²) in [6, 6.07) is 6.02. The Morgan fingerprint density at radius 1 is 1.58 bits per heavy atom. The molecule has 0 aromatic heterocycles. The molecule has 1 atom stereocenters. The fourth-order valence-corrected chi connectivity index (χ4v) is 1.33. The van der Waals surface area contributed by atoms with Gasteiger partial charge in [-0.15, -0.1) is 0 Å². The van der Waals surface area contributed by atoms with Crippen LogP contribution in [0.3, 0.4) is 0 Å². The topological polar surface area (TPSA) is 47.3 Å². The smallest absolute Gasteiger partial charge is 0.144 e. The van der Waals surface area contributed by atoms with Crippen molar-refractivity contribution >= 4 is 11.4 Å². The van der Waals surface area contributed by atoms with Crippen LogP contribution in [0.1, 0.15) is 6.92 Å². The molecule has 0 amide bonds. The number of benzene rings is 1. The number of nitrogen functional groups attached to an aromatic ring is 1. The third-order valence-electron chi connectivity index (χ3n) is 1.94. The summed E-state index contributed by atoms with van der Waals surface area (Å²) in [4.78, 5) is 0. The number of ether oxygens (including phenoxy) is 1. The minimum absolute atomic E-state index is 0.335. The molecule has 1 aromatic carbocycles. The number of anilines is 2. The molecule has 12 heavy (non-hydrogen) atoms. The van der Waals surface area contributed by atoms with Gasteiger partial charge in [0.25, 0.3) is 0 Å². The van der Waals surface area contributed by atoms with E-state index in [1.165, 1.54) is 0 Å². The van der Waals surface area contributed by atoms with Gasteiger partial charge >= 0.3 is 0 Å². The van der Waals surface area contributed by atoms with Gasteiger partial charge in [-0.05, 0) is 19.1 Å². The fourth-order valence-electron chi connectivity index (χ4n) is 1.33. The van der Waals surface area contributed by atoms with Crippen LogP contribution in [0.15, 0.2) is 18.2 Å². The molecule has 0 bridgehead atoms. The molecule has 0 fully saturated rings. The highest BCUT2D eigenvalue weighted by atomic mass is 16.5. The lowest BCUT2D eigenvalue weighted by molar-refractivity contribution is 0.292. The molecule has 1 heterocycles. The van der Waals surface area contributed by atoms with Gasteiger partial charge in [-0.2, -0.15) is 0 Å². The summed E-state index contributed by atoms with van der Waals surface area (Å²) in [5, 5.41) is 3.28. The van der Waals surface area contributed by atoms with E-state index in [1.54, 1.807) is 0 Å². The van der Waals surface area contributed by atoms with E-state index in [9.17, 15) is 0 Å². The Labute approximate surface area is 71.5 Å². The Kier molecular flexibility index (Phi) is 1.57. The molecule has 3 nitrogen and oxygen atoms in total. The normalized spacial score (nSPS) is 20.6. The van der Waals surface area contributed by atoms with E-state index in [0.717, 1.165) is 17.1 Å². The molecule has 1 aromatic rings. The molecule has 1 unspecified atom stereocenters. The Hall–Kier alpha value is -1.38. The maximum Gasteiger partial charge on any atom is 0.144 e. The molecule has 0 aliphatic carbocycles. The van der Waals surface area contributed by atoms with Crippen molar-refractivity contribution in [1.82, 2.24) is 0 Å². The van der Waals surface area contributed by atoms with Gasteiger partial charge in [0.05, 0.1) is 11.7 Å². The van der Waals surface area contributed by atoms with E-state index >= 15 is 0 Å². The molecular formula is C9H12N2O. The van der Waals surface area contributed by atoms with Crippen molar-refractivity contribution in [2.75, 3.05) is 17.7 Å². The minimum atomic E-state index is 0.335.